The number of unbranched alkanes of at least 4 members (excludes halogenated alkanes) is 58. The molecular formula is C70H141NO5. The summed E-state index contributed by atoms with van der Waals surface area (Å²) in [4.78, 5) is 12.7. The van der Waals surface area contributed by atoms with E-state index in [1.807, 2.05) is 0 Å². The molecule has 0 fully saturated rings. The van der Waals surface area contributed by atoms with Crippen LogP contribution in [0, 0.1) is 0 Å². The summed E-state index contributed by atoms with van der Waals surface area (Å²) in [6.45, 7) is 4.12. The van der Waals surface area contributed by atoms with Crippen molar-refractivity contribution in [2.75, 3.05) is 6.61 Å². The van der Waals surface area contributed by atoms with Gasteiger partial charge in [0.2, 0.25) is 5.91 Å². The van der Waals surface area contributed by atoms with Gasteiger partial charge in [-0.3, -0.25) is 4.79 Å². The van der Waals surface area contributed by atoms with Gasteiger partial charge in [-0.2, -0.15) is 0 Å². The summed E-state index contributed by atoms with van der Waals surface area (Å²) in [5.41, 5.74) is 0. The summed E-state index contributed by atoms with van der Waals surface area (Å²) in [6.07, 6.45) is 79.5. The van der Waals surface area contributed by atoms with Gasteiger partial charge in [-0.05, 0) is 12.8 Å². The van der Waals surface area contributed by atoms with E-state index in [0.717, 1.165) is 38.5 Å². The molecule has 0 heterocycles. The number of amides is 1. The molecule has 6 nitrogen and oxygen atoms in total. The first-order valence-electron chi connectivity index (χ1n) is 35.4. The Morgan fingerprint density at radius 2 is 0.447 bits per heavy atom. The largest absolute Gasteiger partial charge is 0.394 e. The van der Waals surface area contributed by atoms with E-state index in [2.05, 4.69) is 19.2 Å². The number of aliphatic hydroxyl groups excluding tert-OH is 4. The summed E-state index contributed by atoms with van der Waals surface area (Å²) in [6, 6.07) is -0.982. The number of hydrogen-bond donors (Lipinski definition) is 5. The lowest BCUT2D eigenvalue weighted by Crippen LogP contribution is -2.53. The molecule has 0 aromatic heterocycles. The molecule has 4 atom stereocenters. The van der Waals surface area contributed by atoms with E-state index in [1.165, 1.54) is 347 Å². The summed E-state index contributed by atoms with van der Waals surface area (Å²) in [5.74, 6) is -0.573. The molecule has 0 saturated carbocycles. The zero-order chi connectivity index (χ0) is 55.1. The fourth-order valence-electron chi connectivity index (χ4n) is 11.8. The second kappa shape index (κ2) is 65.1. The van der Waals surface area contributed by atoms with Gasteiger partial charge in [-0.15, -0.1) is 0 Å². The second-order valence-corrected chi connectivity index (χ2v) is 25.0. The first-order chi connectivity index (χ1) is 37.5. The third-order valence-electron chi connectivity index (χ3n) is 17.3. The number of rotatable bonds is 67. The molecule has 5 N–H and O–H groups in total. The number of nitrogens with one attached hydrogen (secondary N) is 1. The fourth-order valence-corrected chi connectivity index (χ4v) is 11.8. The minimum absolute atomic E-state index is 0.377. The van der Waals surface area contributed by atoms with Crippen LogP contribution >= 0.6 is 0 Å². The molecule has 4 unspecified atom stereocenters. The standard InChI is InChI=1S/C70H141NO5/c1-3-5-7-9-11-13-15-17-19-21-23-25-27-29-31-33-35-37-39-41-43-45-47-49-51-53-55-57-59-61-63-67(73)69(75)66(65-72)71-70(76)68(74)64-62-60-58-56-54-52-50-48-46-44-42-40-38-36-34-32-30-28-26-24-22-20-18-16-14-12-10-8-6-4-2/h66-69,72-75H,3-65H2,1-2H3,(H,71,76). The van der Waals surface area contributed by atoms with Gasteiger partial charge in [0, 0.05) is 0 Å². The van der Waals surface area contributed by atoms with Crippen LogP contribution in [0.1, 0.15) is 412 Å². The van der Waals surface area contributed by atoms with E-state index in [9.17, 15) is 25.2 Å². The maximum atomic E-state index is 12.7. The highest BCUT2D eigenvalue weighted by molar-refractivity contribution is 5.80. The molecule has 0 bridgehead atoms. The molecule has 0 spiro atoms. The van der Waals surface area contributed by atoms with E-state index < -0.39 is 36.9 Å². The Morgan fingerprint density at radius 1 is 0.276 bits per heavy atom. The molecule has 0 aliphatic heterocycles. The molecule has 76 heavy (non-hydrogen) atoms. The topological polar surface area (TPSA) is 110 Å². The van der Waals surface area contributed by atoms with Crippen molar-refractivity contribution in [3.63, 3.8) is 0 Å². The second-order valence-electron chi connectivity index (χ2n) is 25.0. The minimum Gasteiger partial charge on any atom is -0.394 e. The lowest BCUT2D eigenvalue weighted by Gasteiger charge is -2.27. The Bertz CT molecular complexity index is 1070. The van der Waals surface area contributed by atoms with Crippen LogP contribution in [0.15, 0.2) is 0 Å². The number of aliphatic hydroxyl groups is 4. The molecule has 1 amide bonds. The van der Waals surface area contributed by atoms with E-state index >= 15 is 0 Å². The Kier molecular flexibility index (Phi) is 64.5. The van der Waals surface area contributed by atoms with Gasteiger partial charge >= 0.3 is 0 Å². The maximum absolute atomic E-state index is 12.7. The highest BCUT2D eigenvalue weighted by atomic mass is 16.3. The van der Waals surface area contributed by atoms with Crippen LogP contribution in [0.5, 0.6) is 0 Å². The van der Waals surface area contributed by atoms with Crippen molar-refractivity contribution >= 4 is 5.91 Å². The predicted octanol–water partition coefficient (Wildman–Crippen LogP) is 21.8. The zero-order valence-corrected chi connectivity index (χ0v) is 52.1. The highest BCUT2D eigenvalue weighted by Gasteiger charge is 2.28. The van der Waals surface area contributed by atoms with E-state index in [4.69, 9.17) is 0 Å². The van der Waals surface area contributed by atoms with E-state index in [-0.39, 0.29) is 0 Å². The molecule has 0 aromatic carbocycles. The van der Waals surface area contributed by atoms with E-state index in [0.29, 0.717) is 12.8 Å². The van der Waals surface area contributed by atoms with Crippen molar-refractivity contribution in [2.45, 2.75) is 436 Å². The molecule has 0 aliphatic carbocycles. The van der Waals surface area contributed by atoms with Crippen molar-refractivity contribution in [3.05, 3.63) is 0 Å². The van der Waals surface area contributed by atoms with Gasteiger partial charge in [0.15, 0.2) is 0 Å². The molecule has 0 aliphatic rings. The van der Waals surface area contributed by atoms with Gasteiger partial charge in [0.05, 0.1) is 18.8 Å². The van der Waals surface area contributed by atoms with Crippen LogP contribution < -0.4 is 5.32 Å². The molecule has 456 valence electrons. The lowest BCUT2D eigenvalue weighted by molar-refractivity contribution is -0.132. The van der Waals surface area contributed by atoms with Gasteiger partial charge in [-0.25, -0.2) is 0 Å². The Hall–Kier alpha value is -0.690. The molecular weight excluding hydrogens is 935 g/mol. The summed E-state index contributed by atoms with van der Waals surface area (Å²) in [7, 11) is 0. The fraction of sp³-hybridized carbons (Fsp3) is 0.986. The quantitative estimate of drug-likeness (QED) is 0.0390. The van der Waals surface area contributed by atoms with Crippen molar-refractivity contribution in [1.82, 2.24) is 5.32 Å². The normalized spacial score (nSPS) is 13.4. The Morgan fingerprint density at radius 3 is 0.632 bits per heavy atom. The summed E-state index contributed by atoms with van der Waals surface area (Å²) in [5, 5.41) is 44.3. The van der Waals surface area contributed by atoms with Crippen LogP contribution in [-0.2, 0) is 4.79 Å². The number of carbonyl (C=O) groups excluding carboxylic acids is 1. The lowest BCUT2D eigenvalue weighted by atomic mass is 9.99. The highest BCUT2D eigenvalue weighted by Crippen LogP contribution is 2.20. The first kappa shape index (κ1) is 75.3. The van der Waals surface area contributed by atoms with Gasteiger partial charge < -0.3 is 25.7 Å². The molecule has 0 aromatic rings. The minimum atomic E-state index is -1.26. The van der Waals surface area contributed by atoms with Crippen molar-refractivity contribution in [1.29, 1.82) is 0 Å². The monoisotopic (exact) mass is 1080 g/mol. The van der Waals surface area contributed by atoms with Crippen LogP contribution in [0.2, 0.25) is 0 Å². The molecule has 6 heteroatoms. The molecule has 0 rings (SSSR count). The molecule has 0 radical (unpaired) electrons. The van der Waals surface area contributed by atoms with Crippen LogP contribution in [0.3, 0.4) is 0 Å². The SMILES string of the molecule is CCCCCCCCCCCCCCCCCCCCCCCCCCCCCCCCC(O)C(=O)NC(CO)C(O)C(O)CCCCCCCCCCCCCCCCCCCCCCCCCCCCCCCC. The van der Waals surface area contributed by atoms with E-state index in [1.54, 1.807) is 0 Å². The average Bonchev–Trinajstić information content (AvgIpc) is 3.42. The van der Waals surface area contributed by atoms with Crippen LogP contribution in [0.4, 0.5) is 0 Å². The van der Waals surface area contributed by atoms with Crippen LogP contribution in [0.25, 0.3) is 0 Å². The maximum Gasteiger partial charge on any atom is 0.249 e. The van der Waals surface area contributed by atoms with Gasteiger partial charge in [0.1, 0.15) is 12.2 Å². The Balaban J connectivity index is 3.50. The first-order valence-corrected chi connectivity index (χ1v) is 35.4. The third kappa shape index (κ3) is 58.0. The van der Waals surface area contributed by atoms with Gasteiger partial charge in [0.25, 0.3) is 0 Å². The smallest absolute Gasteiger partial charge is 0.249 e. The Labute approximate surface area is 477 Å². The summed E-state index contributed by atoms with van der Waals surface area (Å²) < 4.78 is 0. The third-order valence-corrected chi connectivity index (χ3v) is 17.3. The number of hydrogen-bond acceptors (Lipinski definition) is 5. The van der Waals surface area contributed by atoms with Crippen molar-refractivity contribution in [2.24, 2.45) is 0 Å². The zero-order valence-electron chi connectivity index (χ0n) is 52.1. The molecule has 0 saturated heterocycles. The van der Waals surface area contributed by atoms with Crippen LogP contribution in [-0.4, -0.2) is 57.3 Å². The van der Waals surface area contributed by atoms with Gasteiger partial charge in [-0.1, -0.05) is 399 Å². The summed E-state index contributed by atoms with van der Waals surface area (Å²) >= 11 is 0. The van der Waals surface area contributed by atoms with Crippen molar-refractivity contribution in [3.8, 4) is 0 Å². The predicted molar refractivity (Wildman–Crippen MR) is 335 cm³/mol. The average molecular weight is 1080 g/mol. The van der Waals surface area contributed by atoms with Crippen molar-refractivity contribution < 1.29 is 25.2 Å². The number of carbonyl (C=O) groups is 1.